The van der Waals surface area contributed by atoms with Crippen molar-refractivity contribution in [3.05, 3.63) is 11.8 Å². The number of carbonyl (C=O) groups is 2. The third-order valence-electron chi connectivity index (χ3n) is 9.50. The van der Waals surface area contributed by atoms with Gasteiger partial charge in [-0.25, -0.2) is 9.18 Å². The van der Waals surface area contributed by atoms with Crippen LogP contribution in [0.3, 0.4) is 0 Å². The van der Waals surface area contributed by atoms with E-state index in [1.807, 2.05) is 19.0 Å². The Labute approximate surface area is 200 Å². The van der Waals surface area contributed by atoms with Gasteiger partial charge < -0.3 is 24.0 Å². The summed E-state index contributed by atoms with van der Waals surface area (Å²) < 4.78 is 34.1. The van der Waals surface area contributed by atoms with Crippen LogP contribution >= 0.6 is 0 Å². The third kappa shape index (κ3) is 3.39. The zero-order valence-electron chi connectivity index (χ0n) is 20.4. The molecule has 8 heteroatoms. The molecule has 11 atom stereocenters. The number of rotatable bonds is 3. The van der Waals surface area contributed by atoms with Crippen molar-refractivity contribution in [1.29, 1.82) is 0 Å². The second kappa shape index (κ2) is 8.56. The normalized spacial score (nSPS) is 47.3. The van der Waals surface area contributed by atoms with Crippen molar-refractivity contribution in [1.82, 2.24) is 9.80 Å². The van der Waals surface area contributed by atoms with E-state index in [1.54, 1.807) is 13.1 Å². The first-order chi connectivity index (χ1) is 16.4. The summed E-state index contributed by atoms with van der Waals surface area (Å²) in [6.07, 6.45) is 7.25. The van der Waals surface area contributed by atoms with Crippen molar-refractivity contribution in [2.24, 2.45) is 17.8 Å². The van der Waals surface area contributed by atoms with Gasteiger partial charge in [-0.1, -0.05) is 12.8 Å². The molecule has 0 aromatic carbocycles. The summed E-state index contributed by atoms with van der Waals surface area (Å²) in [6.45, 7) is 1.93. The van der Waals surface area contributed by atoms with Crippen molar-refractivity contribution >= 4 is 11.8 Å². The van der Waals surface area contributed by atoms with Crippen LogP contribution in [0.5, 0.6) is 0 Å². The van der Waals surface area contributed by atoms with Gasteiger partial charge in [0.1, 0.15) is 11.7 Å². The molecule has 7 nitrogen and oxygen atoms in total. The van der Waals surface area contributed by atoms with Gasteiger partial charge in [-0.05, 0) is 65.0 Å². The number of carbonyl (C=O) groups excluding carboxylic acids is 2. The van der Waals surface area contributed by atoms with Gasteiger partial charge in [0.2, 0.25) is 0 Å². The minimum Gasteiger partial charge on any atom is -0.462 e. The van der Waals surface area contributed by atoms with Gasteiger partial charge in [-0.15, -0.1) is 0 Å². The van der Waals surface area contributed by atoms with E-state index in [9.17, 15) is 9.59 Å². The molecule has 188 valence electrons. The van der Waals surface area contributed by atoms with E-state index in [0.717, 1.165) is 19.3 Å². The Bertz CT molecular complexity index is 879. The van der Waals surface area contributed by atoms with Gasteiger partial charge in [0.15, 0.2) is 5.78 Å². The molecule has 34 heavy (non-hydrogen) atoms. The maximum atomic E-state index is 15.5. The topological polar surface area (TPSA) is 68.3 Å². The number of nitrogens with zero attached hydrogens (tertiary/aromatic N) is 2. The Morgan fingerprint density at radius 1 is 1.12 bits per heavy atom. The molecular formula is C26H37FN2O5. The van der Waals surface area contributed by atoms with E-state index < -0.39 is 30.2 Å². The molecule has 3 heterocycles. The summed E-state index contributed by atoms with van der Waals surface area (Å²) in [7, 11) is 3.77. The largest absolute Gasteiger partial charge is 0.462 e. The average Bonchev–Trinajstić information content (AvgIpc) is 3.16. The molecule has 0 radical (unpaired) electrons. The molecule has 0 spiro atoms. The van der Waals surface area contributed by atoms with Crippen LogP contribution in [0.25, 0.3) is 0 Å². The second-order valence-electron chi connectivity index (χ2n) is 11.4. The van der Waals surface area contributed by atoms with E-state index >= 15 is 4.39 Å². The molecule has 0 N–H and O–H groups in total. The van der Waals surface area contributed by atoms with Crippen molar-refractivity contribution in [2.75, 3.05) is 20.7 Å². The lowest BCUT2D eigenvalue weighted by Gasteiger charge is -2.60. The number of hydrogen-bond acceptors (Lipinski definition) is 7. The number of morpholine rings is 1. The van der Waals surface area contributed by atoms with E-state index in [2.05, 4.69) is 4.90 Å². The van der Waals surface area contributed by atoms with Crippen LogP contribution in [-0.4, -0.2) is 91.0 Å². The zero-order chi connectivity index (χ0) is 23.7. The smallest absolute Gasteiger partial charge is 0.343 e. The van der Waals surface area contributed by atoms with E-state index in [4.69, 9.17) is 14.2 Å². The lowest BCUT2D eigenvalue weighted by molar-refractivity contribution is -0.219. The molecule has 2 saturated heterocycles. The van der Waals surface area contributed by atoms with Gasteiger partial charge in [-0.2, -0.15) is 0 Å². The fraction of sp³-hybridized carbons (Fsp3) is 0.846. The van der Waals surface area contributed by atoms with E-state index in [0.29, 0.717) is 17.9 Å². The van der Waals surface area contributed by atoms with Crippen LogP contribution in [0.1, 0.15) is 51.9 Å². The number of Topliss-reactive ketones (excluding diaryl/α,β-unsaturated/α-hetero) is 1. The zero-order valence-corrected chi connectivity index (χ0v) is 20.4. The first kappa shape index (κ1) is 22.9. The summed E-state index contributed by atoms with van der Waals surface area (Å²) in [4.78, 5) is 30.2. The summed E-state index contributed by atoms with van der Waals surface area (Å²) in [5.74, 6) is -0.448. The Hall–Kier alpha value is -1.51. The molecule has 0 aromatic heterocycles. The molecule has 5 fully saturated rings. The molecule has 0 amide bonds. The highest BCUT2D eigenvalue weighted by Gasteiger charge is 2.61. The predicted octanol–water partition coefficient (Wildman–Crippen LogP) is 2.48. The predicted molar refractivity (Wildman–Crippen MR) is 122 cm³/mol. The van der Waals surface area contributed by atoms with Crippen molar-refractivity contribution < 1.29 is 28.2 Å². The fourth-order valence-electron chi connectivity index (χ4n) is 8.17. The monoisotopic (exact) mass is 476 g/mol. The number of ether oxygens (including phenoxy) is 3. The van der Waals surface area contributed by atoms with Crippen LogP contribution < -0.4 is 0 Å². The molecule has 6 rings (SSSR count). The lowest BCUT2D eigenvalue weighted by atomic mass is 9.67. The summed E-state index contributed by atoms with van der Waals surface area (Å²) >= 11 is 0. The SMILES string of the molecule is CCOC(=O)C1=CN2C3CC4OC5CCCCC5C4CC3OC3C(N(C)C)C(F)CC(C1=O)C32. The number of halogens is 1. The van der Waals surface area contributed by atoms with Crippen molar-refractivity contribution in [3.8, 4) is 0 Å². The Morgan fingerprint density at radius 2 is 1.91 bits per heavy atom. The Kier molecular flexibility index (Phi) is 5.77. The number of ketones is 1. The van der Waals surface area contributed by atoms with Crippen molar-refractivity contribution in [2.45, 2.75) is 101 Å². The minimum atomic E-state index is -1.20. The van der Waals surface area contributed by atoms with Gasteiger partial charge in [0.25, 0.3) is 0 Å². The molecule has 3 aliphatic heterocycles. The number of fused-ring (bicyclic) bond motifs is 5. The van der Waals surface area contributed by atoms with Crippen molar-refractivity contribution in [3.63, 3.8) is 0 Å². The maximum Gasteiger partial charge on any atom is 0.343 e. The van der Waals surface area contributed by atoms with Crippen LogP contribution in [-0.2, 0) is 23.8 Å². The first-order valence-corrected chi connectivity index (χ1v) is 13.2. The molecular weight excluding hydrogens is 439 g/mol. The van der Waals surface area contributed by atoms with Crippen LogP contribution in [0.2, 0.25) is 0 Å². The lowest BCUT2D eigenvalue weighted by Crippen LogP contribution is -2.73. The van der Waals surface area contributed by atoms with Crippen LogP contribution in [0.15, 0.2) is 11.8 Å². The standard InChI is InChI=1S/C26H37FN2O5/c1-4-32-26(31)16-12-29-18-11-20-14(13-7-5-6-8-19(13)33-20)10-21(18)34-25-22(29)15(24(16)30)9-17(27)23(25)28(2)3/h12-15,17-23,25H,4-11H2,1-3H3. The summed E-state index contributed by atoms with van der Waals surface area (Å²) in [5.41, 5.74) is 0.0566. The molecule has 3 aliphatic carbocycles. The highest BCUT2D eigenvalue weighted by atomic mass is 19.1. The molecule has 6 aliphatic rings. The highest BCUT2D eigenvalue weighted by molar-refractivity contribution is 6.18. The summed E-state index contributed by atoms with van der Waals surface area (Å²) in [6, 6.07) is -0.678. The third-order valence-corrected chi connectivity index (χ3v) is 9.50. The van der Waals surface area contributed by atoms with Crippen LogP contribution in [0, 0.1) is 17.8 Å². The number of esters is 1. The van der Waals surface area contributed by atoms with Crippen LogP contribution in [0.4, 0.5) is 4.39 Å². The van der Waals surface area contributed by atoms with Gasteiger partial charge in [-0.3, -0.25) is 4.79 Å². The summed E-state index contributed by atoms with van der Waals surface area (Å²) in [5, 5.41) is 0. The van der Waals surface area contributed by atoms with Gasteiger partial charge in [0.05, 0.1) is 49.1 Å². The fourth-order valence-corrected chi connectivity index (χ4v) is 8.17. The van der Waals surface area contributed by atoms with E-state index in [1.165, 1.54) is 19.3 Å². The minimum absolute atomic E-state index is 0.0154. The van der Waals surface area contributed by atoms with Gasteiger partial charge >= 0.3 is 5.97 Å². The molecule has 0 aromatic rings. The highest BCUT2D eigenvalue weighted by Crippen LogP contribution is 2.52. The number of alkyl halides is 1. The number of likely N-dealkylation sites (N-methyl/N-ethyl adjacent to an activating group) is 1. The van der Waals surface area contributed by atoms with E-state index in [-0.39, 0.29) is 48.7 Å². The molecule has 3 saturated carbocycles. The number of hydrogen-bond donors (Lipinski definition) is 0. The molecule has 0 bridgehead atoms. The Balaban J connectivity index is 1.38. The first-order valence-electron chi connectivity index (χ1n) is 13.2. The molecule has 11 unspecified atom stereocenters. The Morgan fingerprint density at radius 3 is 2.68 bits per heavy atom. The average molecular weight is 477 g/mol. The second-order valence-corrected chi connectivity index (χ2v) is 11.4. The quantitative estimate of drug-likeness (QED) is 0.458. The van der Waals surface area contributed by atoms with Gasteiger partial charge in [0, 0.05) is 12.1 Å². The maximum absolute atomic E-state index is 15.5.